The molecule has 100 valence electrons. The average molecular weight is 253 g/mol. The van der Waals surface area contributed by atoms with Crippen molar-refractivity contribution in [3.63, 3.8) is 0 Å². The molecule has 1 heterocycles. The van der Waals surface area contributed by atoms with Crippen LogP contribution in [0, 0.1) is 13.8 Å². The maximum atomic E-state index is 11.9. The van der Waals surface area contributed by atoms with Crippen molar-refractivity contribution in [2.45, 2.75) is 39.8 Å². The molecule has 0 bridgehead atoms. The van der Waals surface area contributed by atoms with E-state index < -0.39 is 11.6 Å². The molecule has 0 fully saturated rings. The summed E-state index contributed by atoms with van der Waals surface area (Å²) in [5.74, 6) is -1.02. The lowest BCUT2D eigenvalue weighted by atomic mass is 10.1. The molecule has 0 radical (unpaired) electrons. The lowest BCUT2D eigenvalue weighted by molar-refractivity contribution is 0.00678. The van der Waals surface area contributed by atoms with Crippen LogP contribution in [0.15, 0.2) is 10.9 Å². The van der Waals surface area contributed by atoms with Crippen molar-refractivity contribution in [2.24, 2.45) is 0 Å². The number of aryl methyl sites for hydroxylation is 1. The maximum Gasteiger partial charge on any atom is 0.337 e. The highest BCUT2D eigenvalue weighted by Crippen LogP contribution is 2.15. The third kappa shape index (κ3) is 2.79. The smallest absolute Gasteiger partial charge is 0.337 e. The Balaban J connectivity index is 3.42. The number of methoxy groups -OCH3 is 1. The minimum absolute atomic E-state index is 0.182. The second kappa shape index (κ2) is 4.94. The van der Waals surface area contributed by atoms with E-state index in [1.807, 2.05) is 13.8 Å². The van der Waals surface area contributed by atoms with Crippen LogP contribution < -0.4 is 5.56 Å². The average Bonchev–Trinajstić information content (AvgIpc) is 2.23. The van der Waals surface area contributed by atoms with Crippen molar-refractivity contribution in [1.29, 1.82) is 0 Å². The van der Waals surface area contributed by atoms with Crippen molar-refractivity contribution < 1.29 is 14.6 Å². The fourth-order valence-electron chi connectivity index (χ4n) is 1.89. The fraction of sp³-hybridized carbons (Fsp3) is 0.538. The summed E-state index contributed by atoms with van der Waals surface area (Å²) in [5, 5.41) is 9.17. The molecule has 18 heavy (non-hydrogen) atoms. The quantitative estimate of drug-likeness (QED) is 0.884. The Morgan fingerprint density at radius 2 is 2.00 bits per heavy atom. The maximum absolute atomic E-state index is 11.9. The Labute approximate surface area is 106 Å². The Morgan fingerprint density at radius 3 is 2.44 bits per heavy atom. The van der Waals surface area contributed by atoms with Crippen molar-refractivity contribution >= 4 is 5.97 Å². The highest BCUT2D eigenvalue weighted by molar-refractivity contribution is 5.90. The van der Waals surface area contributed by atoms with Crippen LogP contribution in [0.3, 0.4) is 0 Å². The predicted octanol–water partition coefficient (Wildman–Crippen LogP) is 1.59. The topological polar surface area (TPSA) is 68.5 Å². The number of carboxylic acids is 1. The molecule has 1 aromatic rings. The van der Waals surface area contributed by atoms with Gasteiger partial charge >= 0.3 is 5.97 Å². The van der Waals surface area contributed by atoms with Crippen LogP contribution in [-0.2, 0) is 11.3 Å². The van der Waals surface area contributed by atoms with Gasteiger partial charge in [-0.15, -0.1) is 0 Å². The molecule has 0 spiro atoms. The Morgan fingerprint density at radius 1 is 1.44 bits per heavy atom. The normalized spacial score (nSPS) is 11.6. The summed E-state index contributed by atoms with van der Waals surface area (Å²) in [4.78, 5) is 23.1. The molecule has 0 unspecified atom stereocenters. The first-order valence-electron chi connectivity index (χ1n) is 5.69. The summed E-state index contributed by atoms with van der Waals surface area (Å²) in [5.41, 5.74) is 0.385. The van der Waals surface area contributed by atoms with E-state index in [4.69, 9.17) is 4.74 Å². The molecule has 5 heteroatoms. The van der Waals surface area contributed by atoms with E-state index in [1.54, 1.807) is 21.0 Å². The van der Waals surface area contributed by atoms with Gasteiger partial charge in [0.05, 0.1) is 17.7 Å². The number of carbonyl (C=O) groups is 1. The third-order valence-corrected chi connectivity index (χ3v) is 3.07. The monoisotopic (exact) mass is 253 g/mol. The molecule has 1 aromatic heterocycles. The molecular formula is C13H19NO4. The largest absolute Gasteiger partial charge is 0.478 e. The summed E-state index contributed by atoms with van der Waals surface area (Å²) in [6.07, 6.45) is 0. The van der Waals surface area contributed by atoms with Gasteiger partial charge in [0.1, 0.15) is 0 Å². The van der Waals surface area contributed by atoms with Crippen molar-refractivity contribution in [3.8, 4) is 0 Å². The molecule has 0 aliphatic heterocycles. The van der Waals surface area contributed by atoms with Gasteiger partial charge in [0.15, 0.2) is 0 Å². The number of nitrogens with zero attached hydrogens (tertiary/aromatic N) is 1. The van der Waals surface area contributed by atoms with Gasteiger partial charge < -0.3 is 14.4 Å². The number of rotatable bonds is 4. The van der Waals surface area contributed by atoms with E-state index in [2.05, 4.69) is 0 Å². The molecule has 5 nitrogen and oxygen atoms in total. The number of aromatic nitrogens is 1. The van der Waals surface area contributed by atoms with E-state index in [9.17, 15) is 14.7 Å². The number of hydrogen-bond donors (Lipinski definition) is 1. The van der Waals surface area contributed by atoms with Crippen molar-refractivity contribution in [3.05, 3.63) is 33.2 Å². The van der Waals surface area contributed by atoms with E-state index in [-0.39, 0.29) is 11.1 Å². The number of pyridine rings is 1. The number of hydrogen-bond acceptors (Lipinski definition) is 3. The van der Waals surface area contributed by atoms with Gasteiger partial charge in [-0.3, -0.25) is 4.79 Å². The van der Waals surface area contributed by atoms with Crippen LogP contribution in [0.2, 0.25) is 0 Å². The first-order chi connectivity index (χ1) is 8.19. The van der Waals surface area contributed by atoms with Gasteiger partial charge in [0.25, 0.3) is 5.56 Å². The minimum atomic E-state index is -1.02. The van der Waals surface area contributed by atoms with Crippen molar-refractivity contribution in [1.82, 2.24) is 4.57 Å². The van der Waals surface area contributed by atoms with Gasteiger partial charge in [-0.2, -0.15) is 0 Å². The molecule has 0 atom stereocenters. The zero-order valence-corrected chi connectivity index (χ0v) is 11.4. The lowest BCUT2D eigenvalue weighted by Gasteiger charge is -2.25. The molecule has 0 aliphatic rings. The van der Waals surface area contributed by atoms with Crippen molar-refractivity contribution in [2.75, 3.05) is 7.11 Å². The standard InChI is InChI=1S/C13H19NO4/c1-8-6-10(15)14(7-13(3,4)18-5)9(2)11(8)12(16)17/h6H,7H2,1-5H3,(H,16,17). The van der Waals surface area contributed by atoms with Gasteiger partial charge in [-0.25, -0.2) is 4.79 Å². The van der Waals surface area contributed by atoms with E-state index in [1.165, 1.54) is 10.6 Å². The molecule has 0 amide bonds. The van der Waals surface area contributed by atoms with Gasteiger partial charge in [0, 0.05) is 18.9 Å². The second-order valence-electron chi connectivity index (χ2n) is 4.98. The van der Waals surface area contributed by atoms with Gasteiger partial charge in [-0.05, 0) is 33.3 Å². The summed E-state index contributed by atoms with van der Waals surface area (Å²) in [6.45, 7) is 7.28. The van der Waals surface area contributed by atoms with Crippen LogP contribution in [0.1, 0.15) is 35.5 Å². The molecule has 0 saturated carbocycles. The fourth-order valence-corrected chi connectivity index (χ4v) is 1.89. The van der Waals surface area contributed by atoms with Gasteiger partial charge in [0.2, 0.25) is 0 Å². The summed E-state index contributed by atoms with van der Waals surface area (Å²) >= 11 is 0. The van der Waals surface area contributed by atoms with Gasteiger partial charge in [-0.1, -0.05) is 0 Å². The van der Waals surface area contributed by atoms with Crippen LogP contribution in [0.4, 0.5) is 0 Å². The highest BCUT2D eigenvalue weighted by Gasteiger charge is 2.22. The van der Waals surface area contributed by atoms with E-state index >= 15 is 0 Å². The highest BCUT2D eigenvalue weighted by atomic mass is 16.5. The molecule has 0 aliphatic carbocycles. The van der Waals surface area contributed by atoms with E-state index in [0.29, 0.717) is 17.8 Å². The van der Waals surface area contributed by atoms with Crippen LogP contribution >= 0.6 is 0 Å². The first-order valence-corrected chi connectivity index (χ1v) is 5.69. The molecule has 0 aromatic carbocycles. The van der Waals surface area contributed by atoms with Crippen LogP contribution in [-0.4, -0.2) is 28.4 Å². The predicted molar refractivity (Wildman–Crippen MR) is 68.2 cm³/mol. The zero-order valence-electron chi connectivity index (χ0n) is 11.4. The number of ether oxygens (including phenoxy) is 1. The van der Waals surface area contributed by atoms with Crippen LogP contribution in [0.25, 0.3) is 0 Å². The summed E-state index contributed by atoms with van der Waals surface area (Å²) < 4.78 is 6.72. The Kier molecular flexibility index (Phi) is 3.96. The SMILES string of the molecule is COC(C)(C)Cn1c(C)c(C(=O)O)c(C)cc1=O. The number of aromatic carboxylic acids is 1. The van der Waals surface area contributed by atoms with E-state index in [0.717, 1.165) is 0 Å². The summed E-state index contributed by atoms with van der Waals surface area (Å²) in [6, 6.07) is 1.35. The second-order valence-corrected chi connectivity index (χ2v) is 4.98. The summed E-state index contributed by atoms with van der Waals surface area (Å²) in [7, 11) is 1.56. The minimum Gasteiger partial charge on any atom is -0.478 e. The molecule has 0 saturated heterocycles. The number of carboxylic acid groups (broad SMARTS) is 1. The third-order valence-electron chi connectivity index (χ3n) is 3.07. The lowest BCUT2D eigenvalue weighted by Crippen LogP contribution is -2.36. The zero-order chi connectivity index (χ0) is 14.1. The molecule has 1 rings (SSSR count). The first kappa shape index (κ1) is 14.4. The molecular weight excluding hydrogens is 234 g/mol. The van der Waals surface area contributed by atoms with Crippen LogP contribution in [0.5, 0.6) is 0 Å². The molecule has 1 N–H and O–H groups in total. The Bertz CT molecular complexity index is 529. The Hall–Kier alpha value is -1.62.